The number of carbonyl (C=O) groups excluding carboxylic acids is 2. The third-order valence-electron chi connectivity index (χ3n) is 6.15. The van der Waals surface area contributed by atoms with Crippen molar-refractivity contribution < 1.29 is 19.1 Å². The lowest BCUT2D eigenvalue weighted by Gasteiger charge is -2.37. The molecule has 3 aromatic rings. The highest BCUT2D eigenvalue weighted by atomic mass is 32.1. The number of thiophene rings is 1. The molecule has 6 nitrogen and oxygen atoms in total. The second kappa shape index (κ2) is 10.7. The fourth-order valence-electron chi connectivity index (χ4n) is 4.50. The molecule has 4 rings (SSSR count). The molecule has 0 aliphatic carbocycles. The van der Waals surface area contributed by atoms with Gasteiger partial charge in [0.15, 0.2) is 0 Å². The van der Waals surface area contributed by atoms with Crippen LogP contribution in [0.4, 0.5) is 0 Å². The summed E-state index contributed by atoms with van der Waals surface area (Å²) in [6.07, 6.45) is 1.57. The second-order valence-electron chi connectivity index (χ2n) is 8.24. The maximum absolute atomic E-state index is 13.7. The van der Waals surface area contributed by atoms with E-state index in [1.54, 1.807) is 41.5 Å². The maximum atomic E-state index is 13.7. The maximum Gasteiger partial charge on any atom is 0.258 e. The minimum absolute atomic E-state index is 0.0185. The molecule has 1 atom stereocenters. The molecule has 1 unspecified atom stereocenters. The first-order valence-electron chi connectivity index (χ1n) is 11.5. The molecule has 0 bridgehead atoms. The van der Waals surface area contributed by atoms with Crippen molar-refractivity contribution in [2.75, 3.05) is 33.9 Å². The Morgan fingerprint density at radius 3 is 2.59 bits per heavy atom. The normalized spacial score (nSPS) is 14.9. The van der Waals surface area contributed by atoms with Gasteiger partial charge in [-0.1, -0.05) is 37.3 Å². The van der Waals surface area contributed by atoms with E-state index in [0.29, 0.717) is 30.2 Å². The van der Waals surface area contributed by atoms with Crippen molar-refractivity contribution in [1.29, 1.82) is 0 Å². The third-order valence-corrected chi connectivity index (χ3v) is 7.14. The summed E-state index contributed by atoms with van der Waals surface area (Å²) in [6.45, 7) is 3.13. The van der Waals surface area contributed by atoms with E-state index < -0.39 is 0 Å². The zero-order valence-electron chi connectivity index (χ0n) is 19.8. The van der Waals surface area contributed by atoms with Gasteiger partial charge in [-0.05, 0) is 47.5 Å². The molecule has 178 valence electrons. The molecule has 0 radical (unpaired) electrons. The molecule has 2 aromatic carbocycles. The summed E-state index contributed by atoms with van der Waals surface area (Å²) in [5.74, 6) is 0.761. The van der Waals surface area contributed by atoms with Crippen LogP contribution in [0.15, 0.2) is 60.0 Å². The Kier molecular flexibility index (Phi) is 7.53. The Morgan fingerprint density at radius 2 is 1.88 bits per heavy atom. The third kappa shape index (κ3) is 4.80. The van der Waals surface area contributed by atoms with Gasteiger partial charge < -0.3 is 19.3 Å². The molecule has 1 aliphatic rings. The topological polar surface area (TPSA) is 59.1 Å². The molecule has 0 saturated carbocycles. The highest BCUT2D eigenvalue weighted by molar-refractivity contribution is 7.10. The number of carbonyl (C=O) groups is 2. The van der Waals surface area contributed by atoms with E-state index in [2.05, 4.69) is 23.6 Å². The lowest BCUT2D eigenvalue weighted by molar-refractivity contribution is -0.134. The minimum Gasteiger partial charge on any atom is -0.497 e. The average molecular weight is 479 g/mol. The number of hydrogen-bond donors (Lipinski definition) is 0. The smallest absolute Gasteiger partial charge is 0.258 e. The molecule has 0 fully saturated rings. The lowest BCUT2D eigenvalue weighted by Crippen LogP contribution is -2.47. The zero-order chi connectivity index (χ0) is 24.1. The Hall–Kier alpha value is -3.32. The molecule has 0 spiro atoms. The summed E-state index contributed by atoms with van der Waals surface area (Å²) in [7, 11) is 3.09. The number of amides is 2. The van der Waals surface area contributed by atoms with Crippen LogP contribution < -0.4 is 9.47 Å². The van der Waals surface area contributed by atoms with Gasteiger partial charge in [0, 0.05) is 24.0 Å². The quantitative estimate of drug-likeness (QED) is 0.467. The molecular formula is C27H30N2O4S. The van der Waals surface area contributed by atoms with Gasteiger partial charge in [0.05, 0.1) is 25.8 Å². The monoisotopic (exact) mass is 478 g/mol. The summed E-state index contributed by atoms with van der Waals surface area (Å²) >= 11 is 1.74. The first-order valence-corrected chi connectivity index (χ1v) is 12.4. The Labute approximate surface area is 204 Å². The fourth-order valence-corrected chi connectivity index (χ4v) is 5.41. The van der Waals surface area contributed by atoms with Crippen molar-refractivity contribution in [3.63, 3.8) is 0 Å². The first kappa shape index (κ1) is 23.8. The second-order valence-corrected chi connectivity index (χ2v) is 9.24. The Balaban J connectivity index is 1.61. The summed E-state index contributed by atoms with van der Waals surface area (Å²) in [5, 5.41) is 2.09. The zero-order valence-corrected chi connectivity index (χ0v) is 20.6. The van der Waals surface area contributed by atoms with Crippen LogP contribution in [0.5, 0.6) is 11.5 Å². The van der Waals surface area contributed by atoms with Crippen LogP contribution in [0.25, 0.3) is 0 Å². The van der Waals surface area contributed by atoms with Gasteiger partial charge in [0.1, 0.15) is 18.0 Å². The van der Waals surface area contributed by atoms with Gasteiger partial charge in [-0.2, -0.15) is 0 Å². The number of benzene rings is 2. The van der Waals surface area contributed by atoms with Gasteiger partial charge in [-0.3, -0.25) is 9.59 Å². The van der Waals surface area contributed by atoms with E-state index in [0.717, 1.165) is 18.4 Å². The van der Waals surface area contributed by atoms with Crippen LogP contribution >= 0.6 is 11.3 Å². The summed E-state index contributed by atoms with van der Waals surface area (Å²) in [6, 6.07) is 17.2. The van der Waals surface area contributed by atoms with Crippen molar-refractivity contribution in [2.24, 2.45) is 0 Å². The summed E-state index contributed by atoms with van der Waals surface area (Å²) in [5.41, 5.74) is 2.68. The number of nitrogens with zero attached hydrogens (tertiary/aromatic N) is 2. The molecule has 1 aliphatic heterocycles. The SMILES string of the molecule is CCCN(CC(=O)N1CCc2sccc2C1c1ccccc1)C(=O)c1ccc(OC)cc1OC. The van der Waals surface area contributed by atoms with Crippen LogP contribution in [-0.4, -0.2) is 55.5 Å². The highest BCUT2D eigenvalue weighted by Crippen LogP contribution is 2.38. The average Bonchev–Trinajstić information content (AvgIpc) is 3.36. The predicted molar refractivity (Wildman–Crippen MR) is 134 cm³/mol. The summed E-state index contributed by atoms with van der Waals surface area (Å²) < 4.78 is 10.7. The van der Waals surface area contributed by atoms with Crippen LogP contribution in [0.1, 0.15) is 45.7 Å². The first-order chi connectivity index (χ1) is 16.6. The molecule has 2 heterocycles. The number of methoxy groups -OCH3 is 2. The van der Waals surface area contributed by atoms with E-state index in [1.165, 1.54) is 17.6 Å². The number of ether oxygens (including phenoxy) is 2. The predicted octanol–water partition coefficient (Wildman–Crippen LogP) is 4.79. The van der Waals surface area contributed by atoms with Gasteiger partial charge >= 0.3 is 0 Å². The molecule has 7 heteroatoms. The van der Waals surface area contributed by atoms with Gasteiger partial charge in [-0.25, -0.2) is 0 Å². The number of fused-ring (bicyclic) bond motifs is 1. The fraction of sp³-hybridized carbons (Fsp3) is 0.333. The van der Waals surface area contributed by atoms with E-state index in [4.69, 9.17) is 9.47 Å². The van der Waals surface area contributed by atoms with Crippen molar-refractivity contribution in [3.8, 4) is 11.5 Å². The molecular weight excluding hydrogens is 448 g/mol. The minimum atomic E-state index is -0.223. The van der Waals surface area contributed by atoms with E-state index in [9.17, 15) is 9.59 Å². The van der Waals surface area contributed by atoms with E-state index in [-0.39, 0.29) is 24.4 Å². The molecule has 0 saturated heterocycles. The van der Waals surface area contributed by atoms with Crippen LogP contribution in [0.2, 0.25) is 0 Å². The molecule has 2 amide bonds. The van der Waals surface area contributed by atoms with Gasteiger partial charge in [0.2, 0.25) is 5.91 Å². The van der Waals surface area contributed by atoms with Gasteiger partial charge in [0.25, 0.3) is 5.91 Å². The number of rotatable bonds is 8. The lowest BCUT2D eigenvalue weighted by atomic mass is 9.93. The van der Waals surface area contributed by atoms with E-state index >= 15 is 0 Å². The summed E-state index contributed by atoms with van der Waals surface area (Å²) in [4.78, 5) is 32.0. The Bertz CT molecular complexity index is 1140. The molecule has 0 N–H and O–H groups in total. The number of hydrogen-bond acceptors (Lipinski definition) is 5. The van der Waals surface area contributed by atoms with Crippen LogP contribution in [0.3, 0.4) is 0 Å². The highest BCUT2D eigenvalue weighted by Gasteiger charge is 2.34. The van der Waals surface area contributed by atoms with Crippen LogP contribution in [-0.2, 0) is 11.2 Å². The van der Waals surface area contributed by atoms with Crippen molar-refractivity contribution >= 4 is 23.2 Å². The van der Waals surface area contributed by atoms with Crippen LogP contribution in [0, 0.1) is 0 Å². The van der Waals surface area contributed by atoms with E-state index in [1.807, 2.05) is 30.0 Å². The standard InChI is InChI=1S/C27H30N2O4S/c1-4-14-28(27(31)21-11-10-20(32-2)17-23(21)33-3)18-25(30)29-15-12-24-22(13-16-34-24)26(29)19-8-6-5-7-9-19/h5-11,13,16-17,26H,4,12,14-15,18H2,1-3H3. The molecule has 1 aromatic heterocycles. The van der Waals surface area contributed by atoms with Gasteiger partial charge in [-0.15, -0.1) is 11.3 Å². The molecule has 34 heavy (non-hydrogen) atoms. The van der Waals surface area contributed by atoms with Crippen molar-refractivity contribution in [2.45, 2.75) is 25.8 Å². The largest absolute Gasteiger partial charge is 0.497 e. The van der Waals surface area contributed by atoms with Crippen molar-refractivity contribution in [1.82, 2.24) is 9.80 Å². The van der Waals surface area contributed by atoms with Crippen molar-refractivity contribution in [3.05, 3.63) is 81.5 Å². The Morgan fingerprint density at radius 1 is 1.09 bits per heavy atom.